The summed E-state index contributed by atoms with van der Waals surface area (Å²) in [5, 5.41) is 23.1. The fourth-order valence-corrected chi connectivity index (χ4v) is 0. The average molecular weight is 94.1 g/mol. The average Bonchev–Trinajstić information content (AvgIpc) is 1.35. The standard InChI is InChI=1S/CH6N2O3/c2-1(4,5)3-6/h3-6H,2H2. The summed E-state index contributed by atoms with van der Waals surface area (Å²) in [4.78, 5) is 0. The minimum Gasteiger partial charge on any atom is -0.339 e. The highest BCUT2D eigenvalue weighted by Gasteiger charge is 2.10. The maximum Gasteiger partial charge on any atom is 0.306 e. The van der Waals surface area contributed by atoms with Gasteiger partial charge in [-0.1, -0.05) is 0 Å². The van der Waals surface area contributed by atoms with Crippen molar-refractivity contribution in [3.63, 3.8) is 0 Å². The van der Waals surface area contributed by atoms with E-state index < -0.39 is 6.03 Å². The molecule has 38 valence electrons. The topological polar surface area (TPSA) is 98.7 Å². The molecule has 0 aromatic carbocycles. The smallest absolute Gasteiger partial charge is 0.306 e. The lowest BCUT2D eigenvalue weighted by atomic mass is 10.9. The normalized spacial score (nSPS) is 12.0. The molecule has 0 aliphatic rings. The SMILES string of the molecule is NC(O)(O)NO. The van der Waals surface area contributed by atoms with Gasteiger partial charge in [0.25, 0.3) is 0 Å². The molecule has 0 saturated carbocycles. The van der Waals surface area contributed by atoms with Gasteiger partial charge >= 0.3 is 6.03 Å². The third kappa shape index (κ3) is 3.80. The van der Waals surface area contributed by atoms with Crippen LogP contribution in [0.25, 0.3) is 0 Å². The molecule has 6 N–H and O–H groups in total. The Balaban J connectivity index is 3.17. The second-order valence-electron chi connectivity index (χ2n) is 0.838. The molecule has 0 amide bonds. The van der Waals surface area contributed by atoms with Gasteiger partial charge in [0.2, 0.25) is 0 Å². The first-order chi connectivity index (χ1) is 2.56. The summed E-state index contributed by atoms with van der Waals surface area (Å²) in [6.45, 7) is 0. The van der Waals surface area contributed by atoms with Crippen molar-refractivity contribution < 1.29 is 15.4 Å². The zero-order valence-electron chi connectivity index (χ0n) is 2.92. The van der Waals surface area contributed by atoms with Gasteiger partial charge in [-0.15, -0.1) is 5.48 Å². The van der Waals surface area contributed by atoms with E-state index in [1.54, 1.807) is 0 Å². The van der Waals surface area contributed by atoms with Crippen molar-refractivity contribution in [1.29, 1.82) is 0 Å². The number of hydroxylamine groups is 1. The molecule has 0 rings (SSSR count). The Hall–Kier alpha value is -0.200. The van der Waals surface area contributed by atoms with Crippen molar-refractivity contribution in [3.05, 3.63) is 0 Å². The summed E-state index contributed by atoms with van der Waals surface area (Å²) in [6, 6.07) is -2.65. The highest BCUT2D eigenvalue weighted by Crippen LogP contribution is 1.70. The molecule has 0 saturated heterocycles. The summed E-state index contributed by atoms with van der Waals surface area (Å²) in [7, 11) is 0. The van der Waals surface area contributed by atoms with Crippen LogP contribution in [0.15, 0.2) is 0 Å². The van der Waals surface area contributed by atoms with Crippen LogP contribution in [0, 0.1) is 0 Å². The molecule has 5 heteroatoms. The van der Waals surface area contributed by atoms with Crippen LogP contribution < -0.4 is 11.2 Å². The van der Waals surface area contributed by atoms with E-state index in [0.717, 1.165) is 5.48 Å². The van der Waals surface area contributed by atoms with E-state index in [-0.39, 0.29) is 0 Å². The zero-order valence-corrected chi connectivity index (χ0v) is 2.92. The third-order valence-corrected chi connectivity index (χ3v) is 0.165. The minimum atomic E-state index is -2.65. The summed E-state index contributed by atoms with van der Waals surface area (Å²) < 4.78 is 0. The van der Waals surface area contributed by atoms with E-state index in [0.29, 0.717) is 0 Å². The highest BCUT2D eigenvalue weighted by molar-refractivity contribution is 4.33. The minimum absolute atomic E-state index is 0.993. The van der Waals surface area contributed by atoms with Crippen LogP contribution in [-0.2, 0) is 0 Å². The lowest BCUT2D eigenvalue weighted by Crippen LogP contribution is -2.51. The molecule has 6 heavy (non-hydrogen) atoms. The molecule has 0 fully saturated rings. The number of hydrogen-bond acceptors (Lipinski definition) is 5. The van der Waals surface area contributed by atoms with E-state index in [1.807, 2.05) is 0 Å². The number of hydrogen-bond donors (Lipinski definition) is 5. The summed E-state index contributed by atoms with van der Waals surface area (Å²) in [5.74, 6) is 0. The molecule has 0 aromatic rings. The van der Waals surface area contributed by atoms with Gasteiger partial charge in [-0.3, -0.25) is 5.73 Å². The number of aliphatic hydroxyl groups is 2. The summed E-state index contributed by atoms with van der Waals surface area (Å²) in [5.41, 5.74) is 5.28. The van der Waals surface area contributed by atoms with E-state index in [2.05, 4.69) is 5.73 Å². The molecule has 0 bridgehead atoms. The fourth-order valence-electron chi connectivity index (χ4n) is 0. The zero-order chi connectivity index (χ0) is 5.21. The van der Waals surface area contributed by atoms with Crippen LogP contribution in [0.1, 0.15) is 0 Å². The van der Waals surface area contributed by atoms with Crippen molar-refractivity contribution in [1.82, 2.24) is 5.48 Å². The van der Waals surface area contributed by atoms with Crippen molar-refractivity contribution in [2.75, 3.05) is 0 Å². The molecule has 0 spiro atoms. The molecular weight excluding hydrogens is 88.0 g/mol. The van der Waals surface area contributed by atoms with Crippen LogP contribution in [0.2, 0.25) is 0 Å². The lowest BCUT2D eigenvalue weighted by Gasteiger charge is -2.09. The highest BCUT2D eigenvalue weighted by atomic mass is 16.6. The second-order valence-corrected chi connectivity index (χ2v) is 0.838. The van der Waals surface area contributed by atoms with E-state index in [9.17, 15) is 0 Å². The van der Waals surface area contributed by atoms with Gasteiger partial charge in [0.05, 0.1) is 0 Å². The fraction of sp³-hybridized carbons (Fsp3) is 1.00. The van der Waals surface area contributed by atoms with Crippen molar-refractivity contribution in [2.45, 2.75) is 6.03 Å². The van der Waals surface area contributed by atoms with E-state index >= 15 is 0 Å². The van der Waals surface area contributed by atoms with Crippen LogP contribution >= 0.6 is 0 Å². The molecule has 0 heterocycles. The monoisotopic (exact) mass is 94.0 g/mol. The maximum atomic E-state index is 7.80. The molecule has 0 aliphatic heterocycles. The van der Waals surface area contributed by atoms with Gasteiger partial charge < -0.3 is 15.4 Å². The first kappa shape index (κ1) is 5.80. The molecule has 0 atom stereocenters. The van der Waals surface area contributed by atoms with Gasteiger partial charge in [0, 0.05) is 0 Å². The van der Waals surface area contributed by atoms with E-state index in [1.165, 1.54) is 0 Å². The Labute approximate surface area is 34.0 Å². The Morgan fingerprint density at radius 1 is 1.50 bits per heavy atom. The predicted octanol–water partition coefficient (Wildman–Crippen LogP) is -2.48. The number of nitrogens with two attached hydrogens (primary N) is 1. The van der Waals surface area contributed by atoms with Gasteiger partial charge in [-0.25, -0.2) is 0 Å². The van der Waals surface area contributed by atoms with Crippen LogP contribution in [0.4, 0.5) is 0 Å². The van der Waals surface area contributed by atoms with Gasteiger partial charge in [-0.2, -0.15) is 0 Å². The Bertz CT molecular complexity index is 38.5. The van der Waals surface area contributed by atoms with Gasteiger partial charge in [0.15, 0.2) is 0 Å². The Morgan fingerprint density at radius 3 is 1.67 bits per heavy atom. The predicted molar refractivity (Wildman–Crippen MR) is 16.3 cm³/mol. The molecule has 0 radical (unpaired) electrons. The Kier molecular flexibility index (Phi) is 1.45. The van der Waals surface area contributed by atoms with Gasteiger partial charge in [0.1, 0.15) is 0 Å². The molecule has 0 aliphatic carbocycles. The van der Waals surface area contributed by atoms with E-state index in [4.69, 9.17) is 15.4 Å². The number of rotatable bonds is 1. The molecule has 0 unspecified atom stereocenters. The quantitative estimate of drug-likeness (QED) is 0.183. The third-order valence-electron chi connectivity index (χ3n) is 0.165. The first-order valence-corrected chi connectivity index (χ1v) is 1.21. The van der Waals surface area contributed by atoms with Gasteiger partial charge in [-0.05, 0) is 0 Å². The number of nitrogens with one attached hydrogen (secondary N) is 1. The lowest BCUT2D eigenvalue weighted by molar-refractivity contribution is -0.236. The first-order valence-electron chi connectivity index (χ1n) is 1.21. The molecular formula is CH6N2O3. The summed E-state index contributed by atoms with van der Waals surface area (Å²) >= 11 is 0. The second kappa shape index (κ2) is 1.50. The van der Waals surface area contributed by atoms with Crippen LogP contribution in [-0.4, -0.2) is 21.5 Å². The van der Waals surface area contributed by atoms with Crippen molar-refractivity contribution >= 4 is 0 Å². The van der Waals surface area contributed by atoms with Crippen LogP contribution in [0.3, 0.4) is 0 Å². The van der Waals surface area contributed by atoms with Crippen molar-refractivity contribution in [2.24, 2.45) is 5.73 Å². The molecule has 5 nitrogen and oxygen atoms in total. The maximum absolute atomic E-state index is 7.80. The largest absolute Gasteiger partial charge is 0.339 e. The summed E-state index contributed by atoms with van der Waals surface area (Å²) in [6.07, 6.45) is 0. The van der Waals surface area contributed by atoms with Crippen molar-refractivity contribution in [3.8, 4) is 0 Å². The Morgan fingerprint density at radius 2 is 1.67 bits per heavy atom. The van der Waals surface area contributed by atoms with Crippen LogP contribution in [0.5, 0.6) is 0 Å². The molecule has 0 aromatic heterocycles.